The first-order valence-electron chi connectivity index (χ1n) is 5.23. The van der Waals surface area contributed by atoms with Crippen molar-refractivity contribution < 1.29 is 19.4 Å². The van der Waals surface area contributed by atoms with Gasteiger partial charge >= 0.3 is 5.97 Å². The summed E-state index contributed by atoms with van der Waals surface area (Å²) < 4.78 is 5.04. The number of carboxylic acid groups (broad SMARTS) is 1. The second-order valence-electron chi connectivity index (χ2n) is 3.47. The molecule has 0 aliphatic heterocycles. The Morgan fingerprint density at radius 1 is 1.50 bits per heavy atom. The van der Waals surface area contributed by atoms with Crippen LogP contribution in [0.15, 0.2) is 18.2 Å². The van der Waals surface area contributed by atoms with Gasteiger partial charge in [0.15, 0.2) is 0 Å². The van der Waals surface area contributed by atoms with Crippen molar-refractivity contribution in [1.29, 1.82) is 0 Å². The summed E-state index contributed by atoms with van der Waals surface area (Å²) in [5.74, 6) is 1.40. The number of rotatable bonds is 5. The summed E-state index contributed by atoms with van der Waals surface area (Å²) in [6, 6.07) is 4.23. The van der Waals surface area contributed by atoms with Gasteiger partial charge in [-0.1, -0.05) is 0 Å². The molecule has 0 atom stereocenters. The molecule has 1 aromatic carbocycles. The maximum atomic E-state index is 11.5. The molecular formula is C13H13NO4. The van der Waals surface area contributed by atoms with E-state index < -0.39 is 5.97 Å². The van der Waals surface area contributed by atoms with E-state index in [-0.39, 0.29) is 17.9 Å². The molecule has 0 spiro atoms. The van der Waals surface area contributed by atoms with E-state index in [2.05, 4.69) is 11.2 Å². The van der Waals surface area contributed by atoms with Gasteiger partial charge in [-0.25, -0.2) is 4.79 Å². The molecule has 0 unspecified atom stereocenters. The summed E-state index contributed by atoms with van der Waals surface area (Å²) in [6.07, 6.45) is 5.56. The predicted molar refractivity (Wildman–Crippen MR) is 66.7 cm³/mol. The molecule has 5 heteroatoms. The third-order valence-corrected chi connectivity index (χ3v) is 2.22. The highest BCUT2D eigenvalue weighted by Crippen LogP contribution is 2.25. The number of amides is 1. The fourth-order valence-electron chi connectivity index (χ4n) is 1.34. The van der Waals surface area contributed by atoms with Gasteiger partial charge in [0.1, 0.15) is 5.75 Å². The molecular weight excluding hydrogens is 234 g/mol. The van der Waals surface area contributed by atoms with Crippen LogP contribution in [0.2, 0.25) is 0 Å². The number of aromatic carboxylic acids is 1. The van der Waals surface area contributed by atoms with Crippen LogP contribution < -0.4 is 10.1 Å². The number of benzene rings is 1. The fourth-order valence-corrected chi connectivity index (χ4v) is 1.34. The highest BCUT2D eigenvalue weighted by molar-refractivity contribution is 5.95. The van der Waals surface area contributed by atoms with E-state index in [4.69, 9.17) is 16.3 Å². The molecule has 0 bridgehead atoms. The Balaban J connectivity index is 2.91. The maximum Gasteiger partial charge on any atom is 0.335 e. The van der Waals surface area contributed by atoms with Crippen molar-refractivity contribution in [2.24, 2.45) is 0 Å². The molecule has 1 amide bonds. The number of terminal acetylenes is 1. The minimum atomic E-state index is -1.07. The Labute approximate surface area is 105 Å². The van der Waals surface area contributed by atoms with Gasteiger partial charge in [-0.05, 0) is 18.2 Å². The van der Waals surface area contributed by atoms with Gasteiger partial charge in [-0.15, -0.1) is 12.3 Å². The van der Waals surface area contributed by atoms with Crippen LogP contribution in [-0.4, -0.2) is 24.1 Å². The Kier molecular flexibility index (Phi) is 4.76. The maximum absolute atomic E-state index is 11.5. The van der Waals surface area contributed by atoms with Gasteiger partial charge in [0.25, 0.3) is 0 Å². The van der Waals surface area contributed by atoms with Gasteiger partial charge in [-0.2, -0.15) is 0 Å². The van der Waals surface area contributed by atoms with E-state index in [0.29, 0.717) is 17.9 Å². The molecule has 0 heterocycles. The second-order valence-corrected chi connectivity index (χ2v) is 3.47. The molecule has 0 aliphatic carbocycles. The summed E-state index contributed by atoms with van der Waals surface area (Å²) in [6.45, 7) is 0. The highest BCUT2D eigenvalue weighted by Gasteiger charge is 2.11. The molecule has 0 fully saturated rings. The minimum absolute atomic E-state index is 0.0723. The minimum Gasteiger partial charge on any atom is -0.495 e. The Hall–Kier alpha value is -2.48. The summed E-state index contributed by atoms with van der Waals surface area (Å²) >= 11 is 0. The third kappa shape index (κ3) is 3.52. The molecule has 5 nitrogen and oxygen atoms in total. The zero-order chi connectivity index (χ0) is 13.5. The van der Waals surface area contributed by atoms with E-state index >= 15 is 0 Å². The van der Waals surface area contributed by atoms with Crippen molar-refractivity contribution in [3.05, 3.63) is 23.8 Å². The van der Waals surface area contributed by atoms with Crippen LogP contribution in [-0.2, 0) is 4.79 Å². The van der Waals surface area contributed by atoms with Gasteiger partial charge in [-0.3, -0.25) is 4.79 Å². The van der Waals surface area contributed by atoms with Gasteiger partial charge in [0.05, 0.1) is 18.4 Å². The molecule has 0 aliphatic rings. The largest absolute Gasteiger partial charge is 0.495 e. The number of anilines is 1. The first kappa shape index (κ1) is 13.6. The van der Waals surface area contributed by atoms with E-state index in [1.54, 1.807) is 0 Å². The number of hydrogen-bond acceptors (Lipinski definition) is 3. The van der Waals surface area contributed by atoms with Gasteiger partial charge in [0.2, 0.25) is 5.91 Å². The zero-order valence-electron chi connectivity index (χ0n) is 9.90. The van der Waals surface area contributed by atoms with Crippen molar-refractivity contribution in [2.75, 3.05) is 12.4 Å². The van der Waals surface area contributed by atoms with E-state index in [1.165, 1.54) is 25.3 Å². The van der Waals surface area contributed by atoms with E-state index in [9.17, 15) is 9.59 Å². The van der Waals surface area contributed by atoms with Crippen LogP contribution >= 0.6 is 0 Å². The quantitative estimate of drug-likeness (QED) is 0.777. The monoisotopic (exact) mass is 247 g/mol. The number of carbonyl (C=O) groups is 2. The van der Waals surface area contributed by atoms with Gasteiger partial charge in [0, 0.05) is 12.8 Å². The van der Waals surface area contributed by atoms with Crippen LogP contribution in [0.3, 0.4) is 0 Å². The predicted octanol–water partition coefficient (Wildman–Crippen LogP) is 1.75. The first-order valence-corrected chi connectivity index (χ1v) is 5.23. The Morgan fingerprint density at radius 2 is 2.22 bits per heavy atom. The van der Waals surface area contributed by atoms with Crippen molar-refractivity contribution in [2.45, 2.75) is 12.8 Å². The van der Waals surface area contributed by atoms with Crippen molar-refractivity contribution in [1.82, 2.24) is 0 Å². The molecule has 0 saturated heterocycles. The lowest BCUT2D eigenvalue weighted by molar-refractivity contribution is -0.116. The van der Waals surface area contributed by atoms with E-state index in [0.717, 1.165) is 0 Å². The molecule has 1 aromatic rings. The van der Waals surface area contributed by atoms with Crippen LogP contribution in [0.4, 0.5) is 5.69 Å². The smallest absolute Gasteiger partial charge is 0.335 e. The summed E-state index contributed by atoms with van der Waals surface area (Å²) in [5.41, 5.74) is 0.391. The lowest BCUT2D eigenvalue weighted by Gasteiger charge is -2.10. The van der Waals surface area contributed by atoms with Crippen LogP contribution in [0.5, 0.6) is 5.75 Å². The summed E-state index contributed by atoms with van der Waals surface area (Å²) in [7, 11) is 1.44. The van der Waals surface area contributed by atoms with Crippen LogP contribution in [0, 0.1) is 12.3 Å². The number of carboxylic acids is 1. The topological polar surface area (TPSA) is 75.6 Å². The molecule has 1 rings (SSSR count). The molecule has 0 radical (unpaired) electrons. The number of nitrogens with one attached hydrogen (secondary N) is 1. The summed E-state index contributed by atoms with van der Waals surface area (Å²) in [5, 5.41) is 11.4. The molecule has 94 valence electrons. The fraction of sp³-hybridized carbons (Fsp3) is 0.231. The SMILES string of the molecule is C#CCCC(=O)Nc1cc(C(=O)O)ccc1OC. The molecule has 2 N–H and O–H groups in total. The van der Waals surface area contributed by atoms with E-state index in [1.807, 2.05) is 0 Å². The Bertz CT molecular complexity index is 502. The highest BCUT2D eigenvalue weighted by atomic mass is 16.5. The zero-order valence-corrected chi connectivity index (χ0v) is 9.90. The standard InChI is InChI=1S/C13H13NO4/c1-3-4-5-12(15)14-10-8-9(13(16)17)6-7-11(10)18-2/h1,6-8H,4-5H2,2H3,(H,14,15)(H,16,17). The second kappa shape index (κ2) is 6.30. The number of methoxy groups -OCH3 is 1. The van der Waals surface area contributed by atoms with Gasteiger partial charge < -0.3 is 15.2 Å². The average Bonchev–Trinajstić information content (AvgIpc) is 2.36. The van der Waals surface area contributed by atoms with Crippen LogP contribution in [0.25, 0.3) is 0 Å². The normalized spacial score (nSPS) is 9.33. The third-order valence-electron chi connectivity index (χ3n) is 2.22. The summed E-state index contributed by atoms with van der Waals surface area (Å²) in [4.78, 5) is 22.3. The number of ether oxygens (including phenoxy) is 1. The first-order chi connectivity index (χ1) is 8.58. The van der Waals surface area contributed by atoms with Crippen LogP contribution in [0.1, 0.15) is 23.2 Å². The van der Waals surface area contributed by atoms with Crippen molar-refractivity contribution in [3.63, 3.8) is 0 Å². The molecule has 18 heavy (non-hydrogen) atoms. The van der Waals surface area contributed by atoms with Crippen molar-refractivity contribution in [3.8, 4) is 18.1 Å². The lowest BCUT2D eigenvalue weighted by atomic mass is 10.2. The molecule has 0 saturated carbocycles. The average molecular weight is 247 g/mol. The van der Waals surface area contributed by atoms with Crippen molar-refractivity contribution >= 4 is 17.6 Å². The lowest BCUT2D eigenvalue weighted by Crippen LogP contribution is -2.12. The number of carbonyl (C=O) groups excluding carboxylic acids is 1. The Morgan fingerprint density at radius 3 is 2.78 bits per heavy atom. The molecule has 0 aromatic heterocycles. The number of hydrogen-bond donors (Lipinski definition) is 2.